The third-order valence-corrected chi connectivity index (χ3v) is 9.12. The summed E-state index contributed by atoms with van der Waals surface area (Å²) in [5, 5.41) is 2.83. The van der Waals surface area contributed by atoms with Crippen molar-refractivity contribution < 1.29 is 18.0 Å². The molecule has 1 unspecified atom stereocenters. The maximum absolute atomic E-state index is 13.0. The Balaban J connectivity index is 1.51. The first-order valence-electron chi connectivity index (χ1n) is 9.35. The maximum atomic E-state index is 13.0. The number of sulfonamides is 1. The molecule has 0 bridgehead atoms. The molecule has 29 heavy (non-hydrogen) atoms. The summed E-state index contributed by atoms with van der Waals surface area (Å²) in [4.78, 5) is 26.6. The van der Waals surface area contributed by atoms with Crippen molar-refractivity contribution in [3.63, 3.8) is 0 Å². The monoisotopic (exact) mass is 497 g/mol. The molecule has 1 aromatic heterocycles. The van der Waals surface area contributed by atoms with Gasteiger partial charge in [0.15, 0.2) is 0 Å². The number of rotatable bonds is 5. The van der Waals surface area contributed by atoms with Crippen molar-refractivity contribution in [2.24, 2.45) is 0 Å². The van der Waals surface area contributed by atoms with E-state index in [2.05, 4.69) is 21.2 Å². The molecule has 1 aromatic carbocycles. The van der Waals surface area contributed by atoms with Crippen molar-refractivity contribution in [3.05, 3.63) is 40.2 Å². The second kappa shape index (κ2) is 8.17. The fraction of sp³-hybridized carbons (Fsp3) is 0.368. The van der Waals surface area contributed by atoms with E-state index >= 15 is 0 Å². The van der Waals surface area contributed by atoms with Crippen LogP contribution in [0.5, 0.6) is 0 Å². The highest BCUT2D eigenvalue weighted by atomic mass is 79.9. The summed E-state index contributed by atoms with van der Waals surface area (Å²) in [5.41, 5.74) is 1.29. The van der Waals surface area contributed by atoms with Crippen LogP contribution in [0.1, 0.15) is 25.7 Å². The van der Waals surface area contributed by atoms with Gasteiger partial charge in [0.05, 0.1) is 3.79 Å². The molecule has 154 valence electrons. The van der Waals surface area contributed by atoms with Crippen molar-refractivity contribution in [2.75, 3.05) is 23.3 Å². The first kappa shape index (κ1) is 20.5. The Morgan fingerprint density at radius 2 is 2.00 bits per heavy atom. The molecule has 0 radical (unpaired) electrons. The number of nitrogens with zero attached hydrogens (tertiary/aromatic N) is 2. The molecule has 4 rings (SSSR count). The van der Waals surface area contributed by atoms with Crippen LogP contribution in [-0.2, 0) is 19.6 Å². The average molecular weight is 498 g/mol. The first-order valence-corrected chi connectivity index (χ1v) is 12.4. The molecular weight excluding hydrogens is 478 g/mol. The van der Waals surface area contributed by atoms with E-state index in [9.17, 15) is 18.0 Å². The number of amides is 2. The fourth-order valence-electron chi connectivity index (χ4n) is 3.74. The quantitative estimate of drug-likeness (QED) is 0.685. The zero-order valence-corrected chi connectivity index (χ0v) is 18.7. The Kier molecular flexibility index (Phi) is 5.78. The van der Waals surface area contributed by atoms with Crippen molar-refractivity contribution in [2.45, 2.75) is 35.9 Å². The topological polar surface area (TPSA) is 86.8 Å². The van der Waals surface area contributed by atoms with Gasteiger partial charge in [-0.2, -0.15) is 4.31 Å². The predicted molar refractivity (Wildman–Crippen MR) is 116 cm³/mol. The molecule has 0 spiro atoms. The van der Waals surface area contributed by atoms with Gasteiger partial charge in [-0.3, -0.25) is 9.59 Å². The largest absolute Gasteiger partial charge is 0.325 e. The summed E-state index contributed by atoms with van der Waals surface area (Å²) < 4.78 is 28.2. The average Bonchev–Trinajstić information content (AvgIpc) is 3.42. The van der Waals surface area contributed by atoms with Crippen LogP contribution in [0.4, 0.5) is 11.4 Å². The van der Waals surface area contributed by atoms with Crippen molar-refractivity contribution >= 4 is 60.5 Å². The predicted octanol–water partition coefficient (Wildman–Crippen LogP) is 3.43. The van der Waals surface area contributed by atoms with Crippen LogP contribution in [0.15, 0.2) is 44.4 Å². The summed E-state index contributed by atoms with van der Waals surface area (Å²) >= 11 is 4.42. The highest BCUT2D eigenvalue weighted by Crippen LogP contribution is 2.33. The van der Waals surface area contributed by atoms with Gasteiger partial charge in [-0.1, -0.05) is 6.07 Å². The number of halogens is 1. The van der Waals surface area contributed by atoms with Crippen LogP contribution < -0.4 is 10.2 Å². The summed E-state index contributed by atoms with van der Waals surface area (Å²) in [7, 11) is -3.72. The van der Waals surface area contributed by atoms with Crippen LogP contribution >= 0.6 is 27.3 Å². The number of benzene rings is 1. The van der Waals surface area contributed by atoms with Crippen LogP contribution in [0.2, 0.25) is 0 Å². The number of carbonyl (C=O) groups excluding carboxylic acids is 2. The Bertz CT molecular complexity index is 1050. The Morgan fingerprint density at radius 1 is 1.17 bits per heavy atom. The molecule has 2 aliphatic rings. The van der Waals surface area contributed by atoms with Crippen molar-refractivity contribution in [1.82, 2.24) is 4.31 Å². The van der Waals surface area contributed by atoms with E-state index in [1.165, 1.54) is 4.31 Å². The summed E-state index contributed by atoms with van der Waals surface area (Å²) in [6, 6.07) is 9.60. The molecule has 3 heterocycles. The second-order valence-electron chi connectivity index (χ2n) is 7.02. The molecule has 0 saturated carbocycles. The zero-order chi connectivity index (χ0) is 20.6. The van der Waals surface area contributed by atoms with Gasteiger partial charge in [-0.05, 0) is 65.5 Å². The molecule has 10 heteroatoms. The Labute approximate surface area is 181 Å². The molecule has 1 atom stereocenters. The van der Waals surface area contributed by atoms with E-state index in [0.29, 0.717) is 38.0 Å². The minimum atomic E-state index is -3.72. The van der Waals surface area contributed by atoms with Gasteiger partial charge < -0.3 is 10.2 Å². The smallest absolute Gasteiger partial charge is 0.253 e. The summed E-state index contributed by atoms with van der Waals surface area (Å²) in [6.45, 7) is 0.986. The molecule has 2 aromatic rings. The van der Waals surface area contributed by atoms with Gasteiger partial charge in [0.1, 0.15) is 10.3 Å². The molecular formula is C19H20BrN3O4S2. The van der Waals surface area contributed by atoms with Gasteiger partial charge >= 0.3 is 0 Å². The molecule has 2 saturated heterocycles. The Morgan fingerprint density at radius 3 is 2.69 bits per heavy atom. The van der Waals surface area contributed by atoms with E-state index in [1.54, 1.807) is 35.2 Å². The Hall–Kier alpha value is -1.75. The second-order valence-corrected chi connectivity index (χ2v) is 11.6. The van der Waals surface area contributed by atoms with E-state index in [1.807, 2.05) is 6.07 Å². The van der Waals surface area contributed by atoms with E-state index in [0.717, 1.165) is 27.2 Å². The highest BCUT2D eigenvalue weighted by Gasteiger charge is 2.40. The van der Waals surface area contributed by atoms with Crippen LogP contribution in [0, 0.1) is 0 Å². The molecule has 0 aliphatic carbocycles. The lowest BCUT2D eigenvalue weighted by Crippen LogP contribution is -2.42. The van der Waals surface area contributed by atoms with Gasteiger partial charge in [0.2, 0.25) is 11.8 Å². The standard InChI is InChI=1S/C19H20BrN3O4S2/c20-16-8-9-18(28-16)29(26,27)23-11-2-6-15(23)19(25)21-13-4-1-5-14(12-13)22-10-3-7-17(22)24/h1,4-5,8-9,12,15H,2-3,6-7,10-11H2,(H,21,25). The van der Waals surface area contributed by atoms with Crippen LogP contribution in [0.25, 0.3) is 0 Å². The lowest BCUT2D eigenvalue weighted by Gasteiger charge is -2.23. The van der Waals surface area contributed by atoms with Crippen molar-refractivity contribution in [3.8, 4) is 0 Å². The normalized spacial score (nSPS) is 20.4. The SMILES string of the molecule is O=C(Nc1cccc(N2CCCC2=O)c1)C1CCCN1S(=O)(=O)c1ccc(Br)s1. The number of nitrogens with one attached hydrogen (secondary N) is 1. The highest BCUT2D eigenvalue weighted by molar-refractivity contribution is 9.11. The lowest BCUT2D eigenvalue weighted by atomic mass is 10.2. The molecule has 2 amide bonds. The number of thiophene rings is 1. The molecule has 2 fully saturated rings. The van der Waals surface area contributed by atoms with E-state index < -0.39 is 16.1 Å². The lowest BCUT2D eigenvalue weighted by molar-refractivity contribution is -0.119. The third-order valence-electron chi connectivity index (χ3n) is 5.12. The summed E-state index contributed by atoms with van der Waals surface area (Å²) in [6.07, 6.45) is 2.46. The van der Waals surface area contributed by atoms with E-state index in [4.69, 9.17) is 0 Å². The van der Waals surface area contributed by atoms with E-state index in [-0.39, 0.29) is 16.0 Å². The number of hydrogen-bond acceptors (Lipinski definition) is 5. The van der Waals surface area contributed by atoms with Crippen LogP contribution in [0.3, 0.4) is 0 Å². The minimum Gasteiger partial charge on any atom is -0.325 e. The summed E-state index contributed by atoms with van der Waals surface area (Å²) in [5.74, 6) is -0.282. The number of anilines is 2. The van der Waals surface area contributed by atoms with Crippen LogP contribution in [-0.4, -0.2) is 43.7 Å². The maximum Gasteiger partial charge on any atom is 0.253 e. The minimum absolute atomic E-state index is 0.0728. The molecule has 7 nitrogen and oxygen atoms in total. The molecule has 1 N–H and O–H groups in total. The number of carbonyl (C=O) groups is 2. The van der Waals surface area contributed by atoms with Gasteiger partial charge in [-0.15, -0.1) is 11.3 Å². The number of hydrogen-bond donors (Lipinski definition) is 1. The van der Waals surface area contributed by atoms with Crippen molar-refractivity contribution in [1.29, 1.82) is 0 Å². The first-order chi connectivity index (χ1) is 13.9. The third kappa shape index (κ3) is 4.11. The zero-order valence-electron chi connectivity index (χ0n) is 15.5. The molecule has 2 aliphatic heterocycles. The fourth-order valence-corrected chi connectivity index (χ4v) is 7.54. The van der Waals surface area contributed by atoms with Gasteiger partial charge in [0.25, 0.3) is 10.0 Å². The van der Waals surface area contributed by atoms with Gasteiger partial charge in [-0.25, -0.2) is 8.42 Å². The van der Waals surface area contributed by atoms with Gasteiger partial charge in [0, 0.05) is 30.9 Å².